The first-order chi connectivity index (χ1) is 10.8. The number of hydrogen-bond acceptors (Lipinski definition) is 5. The summed E-state index contributed by atoms with van der Waals surface area (Å²) in [4.78, 5) is 14.7. The molecule has 3 aromatic rings. The number of para-hydroxylation sites is 1. The van der Waals surface area contributed by atoms with E-state index < -0.39 is 0 Å². The van der Waals surface area contributed by atoms with E-state index in [9.17, 15) is 0 Å². The maximum atomic E-state index is 5.77. The Morgan fingerprint density at radius 2 is 1.91 bits per heavy atom. The zero-order valence-corrected chi connectivity index (χ0v) is 12.4. The Bertz CT molecular complexity index is 820. The minimum Gasteiger partial charge on any atom is -0.470 e. The second-order valence-electron chi connectivity index (χ2n) is 5.17. The number of ether oxygens (including phenoxy) is 1. The lowest BCUT2D eigenvalue weighted by molar-refractivity contribution is 0.160. The molecule has 0 atom stereocenters. The zero-order valence-electron chi connectivity index (χ0n) is 11.7. The van der Waals surface area contributed by atoms with Crippen molar-refractivity contribution in [3.8, 4) is 5.88 Å². The number of halogens is 1. The fourth-order valence-electron chi connectivity index (χ4n) is 2.49. The van der Waals surface area contributed by atoms with Gasteiger partial charge < -0.3 is 9.64 Å². The van der Waals surface area contributed by atoms with Gasteiger partial charge in [-0.15, -0.1) is 0 Å². The third kappa shape index (κ3) is 2.55. The molecule has 1 aromatic carbocycles. The lowest BCUT2D eigenvalue weighted by Crippen LogP contribution is -2.54. The van der Waals surface area contributed by atoms with Crippen LogP contribution in [0.25, 0.3) is 10.9 Å². The van der Waals surface area contributed by atoms with Crippen LogP contribution in [-0.2, 0) is 0 Å². The van der Waals surface area contributed by atoms with Gasteiger partial charge in [0, 0.05) is 17.6 Å². The average Bonchev–Trinajstić information content (AvgIpc) is 2.50. The van der Waals surface area contributed by atoms with E-state index in [1.54, 1.807) is 12.3 Å². The van der Waals surface area contributed by atoms with Crippen molar-refractivity contribution >= 4 is 28.3 Å². The third-order valence-electron chi connectivity index (χ3n) is 3.64. The molecule has 6 heteroatoms. The first-order valence-corrected chi connectivity index (χ1v) is 7.42. The van der Waals surface area contributed by atoms with E-state index in [0.29, 0.717) is 5.88 Å². The van der Waals surface area contributed by atoms with Crippen LogP contribution in [0.2, 0.25) is 5.28 Å². The highest BCUT2D eigenvalue weighted by Crippen LogP contribution is 2.24. The van der Waals surface area contributed by atoms with Gasteiger partial charge in [0.2, 0.25) is 11.2 Å². The van der Waals surface area contributed by atoms with Crippen LogP contribution < -0.4 is 9.64 Å². The average molecular weight is 313 g/mol. The molecular formula is C16H13ClN4O. The predicted molar refractivity (Wildman–Crippen MR) is 85.4 cm³/mol. The maximum Gasteiger partial charge on any atom is 0.225 e. The second kappa shape index (κ2) is 5.42. The van der Waals surface area contributed by atoms with Crippen LogP contribution in [0, 0.1) is 0 Å². The number of nitrogens with zero attached hydrogens (tertiary/aromatic N) is 4. The van der Waals surface area contributed by atoms with E-state index in [-0.39, 0.29) is 11.4 Å². The summed E-state index contributed by atoms with van der Waals surface area (Å²) in [6.07, 6.45) is 1.69. The minimum absolute atomic E-state index is 0.0965. The smallest absolute Gasteiger partial charge is 0.225 e. The van der Waals surface area contributed by atoms with Crippen LogP contribution in [0.15, 0.2) is 48.7 Å². The molecule has 1 saturated heterocycles. The summed E-state index contributed by atoms with van der Waals surface area (Å²) >= 11 is 5.75. The van der Waals surface area contributed by atoms with E-state index in [2.05, 4.69) is 32.0 Å². The molecule has 3 heterocycles. The summed E-state index contributed by atoms with van der Waals surface area (Å²) < 4.78 is 5.77. The Hall–Kier alpha value is -2.40. The van der Waals surface area contributed by atoms with E-state index >= 15 is 0 Å². The van der Waals surface area contributed by atoms with Crippen molar-refractivity contribution in [1.29, 1.82) is 0 Å². The molecular weight excluding hydrogens is 300 g/mol. The molecule has 0 saturated carbocycles. The molecule has 0 unspecified atom stereocenters. The molecule has 1 aliphatic rings. The molecule has 0 bridgehead atoms. The van der Waals surface area contributed by atoms with Crippen molar-refractivity contribution < 1.29 is 4.74 Å². The quantitative estimate of drug-likeness (QED) is 0.696. The number of rotatable bonds is 3. The first kappa shape index (κ1) is 13.3. The molecule has 1 fully saturated rings. The molecule has 4 rings (SSSR count). The number of fused-ring (bicyclic) bond motifs is 1. The summed E-state index contributed by atoms with van der Waals surface area (Å²) in [5, 5.41) is 1.35. The Kier molecular flexibility index (Phi) is 3.27. The molecule has 2 aromatic heterocycles. The van der Waals surface area contributed by atoms with Crippen molar-refractivity contribution in [2.45, 2.75) is 6.10 Å². The van der Waals surface area contributed by atoms with Gasteiger partial charge in [-0.2, -0.15) is 4.98 Å². The van der Waals surface area contributed by atoms with Crippen LogP contribution in [0.3, 0.4) is 0 Å². The van der Waals surface area contributed by atoms with Gasteiger partial charge in [-0.3, -0.25) is 0 Å². The van der Waals surface area contributed by atoms with Crippen LogP contribution >= 0.6 is 11.6 Å². The van der Waals surface area contributed by atoms with Crippen molar-refractivity contribution in [3.05, 3.63) is 53.9 Å². The maximum absolute atomic E-state index is 5.77. The predicted octanol–water partition coefficient (Wildman–Crippen LogP) is 2.95. The lowest BCUT2D eigenvalue weighted by atomic mass is 10.1. The van der Waals surface area contributed by atoms with Gasteiger partial charge in [0.05, 0.1) is 18.6 Å². The van der Waals surface area contributed by atoms with Gasteiger partial charge in [0.15, 0.2) is 0 Å². The van der Waals surface area contributed by atoms with E-state index in [1.165, 1.54) is 0 Å². The topological polar surface area (TPSA) is 51.1 Å². The molecule has 0 aliphatic carbocycles. The fourth-order valence-corrected chi connectivity index (χ4v) is 2.63. The summed E-state index contributed by atoms with van der Waals surface area (Å²) in [7, 11) is 0. The Morgan fingerprint density at radius 3 is 2.77 bits per heavy atom. The van der Waals surface area contributed by atoms with Crippen LogP contribution in [0.5, 0.6) is 5.88 Å². The summed E-state index contributed by atoms with van der Waals surface area (Å²) in [5.74, 6) is 1.48. The summed E-state index contributed by atoms with van der Waals surface area (Å²) in [5.41, 5.74) is 1.01. The molecule has 0 amide bonds. The van der Waals surface area contributed by atoms with Crippen LogP contribution in [0.4, 0.5) is 5.82 Å². The standard InChI is InChI=1S/C16H13ClN4O/c17-16-18-8-7-15(20-16)22-12-9-21(10-12)14-6-5-11-3-1-2-4-13(11)19-14/h1-8,12H,9-10H2. The van der Waals surface area contributed by atoms with Crippen molar-refractivity contribution in [3.63, 3.8) is 0 Å². The monoisotopic (exact) mass is 312 g/mol. The lowest BCUT2D eigenvalue weighted by Gasteiger charge is -2.39. The Labute approximate surface area is 132 Å². The largest absolute Gasteiger partial charge is 0.470 e. The minimum atomic E-state index is 0.0965. The van der Waals surface area contributed by atoms with Gasteiger partial charge in [-0.25, -0.2) is 9.97 Å². The van der Waals surface area contributed by atoms with E-state index in [0.717, 1.165) is 29.8 Å². The number of aromatic nitrogens is 3. The fraction of sp³-hybridized carbons (Fsp3) is 0.188. The zero-order chi connectivity index (χ0) is 14.9. The van der Waals surface area contributed by atoms with Gasteiger partial charge >= 0.3 is 0 Å². The molecule has 0 N–H and O–H groups in total. The second-order valence-corrected chi connectivity index (χ2v) is 5.51. The van der Waals surface area contributed by atoms with Crippen molar-refractivity contribution in [2.75, 3.05) is 18.0 Å². The van der Waals surface area contributed by atoms with Crippen molar-refractivity contribution in [2.24, 2.45) is 0 Å². The molecule has 22 heavy (non-hydrogen) atoms. The first-order valence-electron chi connectivity index (χ1n) is 7.04. The van der Waals surface area contributed by atoms with Crippen LogP contribution in [0.1, 0.15) is 0 Å². The Balaban J connectivity index is 1.43. The normalized spacial score (nSPS) is 14.9. The number of pyridine rings is 1. The van der Waals surface area contributed by atoms with Gasteiger partial charge in [0.1, 0.15) is 11.9 Å². The van der Waals surface area contributed by atoms with Gasteiger partial charge in [0.25, 0.3) is 0 Å². The number of hydrogen-bond donors (Lipinski definition) is 0. The summed E-state index contributed by atoms with van der Waals surface area (Å²) in [6.45, 7) is 1.57. The molecule has 0 spiro atoms. The highest BCUT2D eigenvalue weighted by Gasteiger charge is 2.30. The van der Waals surface area contributed by atoms with Gasteiger partial charge in [-0.1, -0.05) is 18.2 Å². The summed E-state index contributed by atoms with van der Waals surface area (Å²) in [6, 6.07) is 13.9. The molecule has 1 aliphatic heterocycles. The number of anilines is 1. The Morgan fingerprint density at radius 1 is 1.05 bits per heavy atom. The van der Waals surface area contributed by atoms with Crippen molar-refractivity contribution in [1.82, 2.24) is 15.0 Å². The highest BCUT2D eigenvalue weighted by atomic mass is 35.5. The molecule has 5 nitrogen and oxygen atoms in total. The SMILES string of the molecule is Clc1nccc(OC2CN(c3ccc4ccccc4n3)C2)n1. The third-order valence-corrected chi connectivity index (χ3v) is 3.83. The molecule has 110 valence electrons. The molecule has 0 radical (unpaired) electrons. The number of benzene rings is 1. The van der Waals surface area contributed by atoms with Gasteiger partial charge in [-0.05, 0) is 29.8 Å². The highest BCUT2D eigenvalue weighted by molar-refractivity contribution is 6.28. The van der Waals surface area contributed by atoms with E-state index in [4.69, 9.17) is 16.3 Å². The van der Waals surface area contributed by atoms with Crippen LogP contribution in [-0.4, -0.2) is 34.1 Å². The van der Waals surface area contributed by atoms with E-state index in [1.807, 2.05) is 24.3 Å².